The molecule has 0 aliphatic carbocycles. The molecule has 0 unspecified atom stereocenters. The third kappa shape index (κ3) is 3.89. The minimum Gasteiger partial charge on any atom is -0.481 e. The van der Waals surface area contributed by atoms with Crippen molar-refractivity contribution in [1.82, 2.24) is 9.80 Å². The fraction of sp³-hybridized carbons (Fsp3) is 0.550. The van der Waals surface area contributed by atoms with Gasteiger partial charge in [0.25, 0.3) is 0 Å². The molecule has 0 spiro atoms. The largest absolute Gasteiger partial charge is 0.481 e. The molecule has 140 valence electrons. The molecule has 1 aromatic carbocycles. The molecule has 1 N–H and O–H groups in total. The van der Waals surface area contributed by atoms with E-state index in [-0.39, 0.29) is 30.8 Å². The molecule has 0 bridgehead atoms. The molecule has 6 heteroatoms. The van der Waals surface area contributed by atoms with E-state index in [1.54, 1.807) is 9.80 Å². The van der Waals surface area contributed by atoms with Gasteiger partial charge in [0.1, 0.15) is 0 Å². The van der Waals surface area contributed by atoms with Gasteiger partial charge < -0.3 is 14.9 Å². The van der Waals surface area contributed by atoms with Gasteiger partial charge in [-0.25, -0.2) is 0 Å². The van der Waals surface area contributed by atoms with E-state index in [4.69, 9.17) is 0 Å². The minimum atomic E-state index is -0.876. The summed E-state index contributed by atoms with van der Waals surface area (Å²) >= 11 is 0. The lowest BCUT2D eigenvalue weighted by molar-refractivity contribution is -0.143. The van der Waals surface area contributed by atoms with Crippen LogP contribution in [0.1, 0.15) is 42.7 Å². The number of carbonyl (C=O) groups is 3. The van der Waals surface area contributed by atoms with Crippen LogP contribution >= 0.6 is 0 Å². The highest BCUT2D eigenvalue weighted by Crippen LogP contribution is 2.34. The number of rotatable bonds is 4. The van der Waals surface area contributed by atoms with Gasteiger partial charge in [-0.2, -0.15) is 0 Å². The van der Waals surface area contributed by atoms with E-state index >= 15 is 0 Å². The third-order valence-corrected chi connectivity index (χ3v) is 5.58. The van der Waals surface area contributed by atoms with Crippen LogP contribution in [0.4, 0.5) is 0 Å². The van der Waals surface area contributed by atoms with Crippen LogP contribution in [0.25, 0.3) is 0 Å². The second-order valence-electron chi connectivity index (χ2n) is 7.33. The number of hydrogen-bond donors (Lipinski definition) is 1. The van der Waals surface area contributed by atoms with Crippen LogP contribution in [0, 0.1) is 12.8 Å². The zero-order chi connectivity index (χ0) is 18.7. The maximum atomic E-state index is 12.7. The first-order valence-electron chi connectivity index (χ1n) is 9.31. The van der Waals surface area contributed by atoms with Gasteiger partial charge in [0.15, 0.2) is 0 Å². The van der Waals surface area contributed by atoms with Crippen LogP contribution in [0.3, 0.4) is 0 Å². The molecule has 2 fully saturated rings. The van der Waals surface area contributed by atoms with Gasteiger partial charge >= 0.3 is 5.97 Å². The van der Waals surface area contributed by atoms with Crippen molar-refractivity contribution in [2.75, 3.05) is 26.2 Å². The number of carbonyl (C=O) groups excluding carboxylic acids is 2. The molecular weight excluding hydrogens is 332 g/mol. The maximum absolute atomic E-state index is 12.7. The summed E-state index contributed by atoms with van der Waals surface area (Å²) in [6.45, 7) is 3.24. The monoisotopic (exact) mass is 358 g/mol. The molecule has 2 atom stereocenters. The predicted molar refractivity (Wildman–Crippen MR) is 96.7 cm³/mol. The number of likely N-dealkylation sites (tertiary alicyclic amines) is 2. The Balaban J connectivity index is 1.73. The molecule has 0 aromatic heterocycles. The number of benzene rings is 1. The van der Waals surface area contributed by atoms with Crippen LogP contribution in [0.5, 0.6) is 0 Å². The van der Waals surface area contributed by atoms with Crippen LogP contribution in [-0.2, 0) is 14.4 Å². The first-order valence-corrected chi connectivity index (χ1v) is 9.31. The molecule has 0 saturated carbocycles. The molecule has 26 heavy (non-hydrogen) atoms. The number of nitrogens with zero attached hydrogens (tertiary/aromatic N) is 2. The van der Waals surface area contributed by atoms with E-state index in [1.165, 1.54) is 0 Å². The Bertz CT molecular complexity index is 703. The average Bonchev–Trinajstić information content (AvgIpc) is 2.96. The lowest BCUT2D eigenvalue weighted by Gasteiger charge is -2.24. The van der Waals surface area contributed by atoms with Crippen molar-refractivity contribution in [2.24, 2.45) is 5.92 Å². The smallest absolute Gasteiger partial charge is 0.308 e. The molecule has 2 saturated heterocycles. The fourth-order valence-electron chi connectivity index (χ4n) is 4.04. The van der Waals surface area contributed by atoms with Crippen molar-refractivity contribution in [3.05, 3.63) is 35.4 Å². The lowest BCUT2D eigenvalue weighted by Crippen LogP contribution is -2.42. The quantitative estimate of drug-likeness (QED) is 0.893. The Morgan fingerprint density at radius 2 is 1.92 bits per heavy atom. The van der Waals surface area contributed by atoms with E-state index in [0.717, 1.165) is 30.4 Å². The van der Waals surface area contributed by atoms with Crippen molar-refractivity contribution in [2.45, 2.75) is 38.5 Å². The van der Waals surface area contributed by atoms with Crippen LogP contribution in [0.15, 0.2) is 24.3 Å². The van der Waals surface area contributed by atoms with Gasteiger partial charge in [-0.1, -0.05) is 30.7 Å². The summed E-state index contributed by atoms with van der Waals surface area (Å²) < 4.78 is 0. The van der Waals surface area contributed by atoms with Gasteiger partial charge in [-0.05, 0) is 30.9 Å². The van der Waals surface area contributed by atoms with Crippen molar-refractivity contribution < 1.29 is 19.5 Å². The van der Waals surface area contributed by atoms with Crippen molar-refractivity contribution in [3.8, 4) is 0 Å². The summed E-state index contributed by atoms with van der Waals surface area (Å²) in [5, 5.41) is 9.63. The summed E-state index contributed by atoms with van der Waals surface area (Å²) in [5.41, 5.74) is 2.03. The summed E-state index contributed by atoms with van der Waals surface area (Å²) in [5.74, 6) is -1.82. The average molecular weight is 358 g/mol. The second-order valence-corrected chi connectivity index (χ2v) is 7.33. The Hall–Kier alpha value is -2.37. The van der Waals surface area contributed by atoms with Gasteiger partial charge in [-0.15, -0.1) is 0 Å². The molecule has 3 rings (SSSR count). The first-order chi connectivity index (χ1) is 12.5. The summed E-state index contributed by atoms with van der Waals surface area (Å²) in [6, 6.07) is 7.75. The summed E-state index contributed by atoms with van der Waals surface area (Å²) in [6.07, 6.45) is 3.31. The molecule has 6 nitrogen and oxygen atoms in total. The van der Waals surface area contributed by atoms with Crippen LogP contribution < -0.4 is 0 Å². The Morgan fingerprint density at radius 1 is 1.15 bits per heavy atom. The normalized spacial score (nSPS) is 23.8. The number of carboxylic acid groups (broad SMARTS) is 1. The molecule has 2 aliphatic heterocycles. The lowest BCUT2D eigenvalue weighted by atomic mass is 9.86. The predicted octanol–water partition coefficient (Wildman–Crippen LogP) is 2.02. The first kappa shape index (κ1) is 18.4. The van der Waals surface area contributed by atoms with Gasteiger partial charge in [0.2, 0.25) is 11.8 Å². The standard InChI is InChI=1S/C20H26N2O4/c1-14-7-4-5-8-15(14)16-11-22(12-17(16)20(25)26)19(24)13-21-10-6-2-3-9-18(21)23/h4-5,7-8,16-17H,2-3,6,9-13H2,1H3,(H,25,26)/t16-,17+/m0/s1. The number of hydrogen-bond acceptors (Lipinski definition) is 3. The zero-order valence-corrected chi connectivity index (χ0v) is 15.2. The Kier molecular flexibility index (Phi) is 5.59. The Labute approximate surface area is 153 Å². The molecular formula is C20H26N2O4. The fourth-order valence-corrected chi connectivity index (χ4v) is 4.04. The van der Waals surface area contributed by atoms with E-state index in [2.05, 4.69) is 0 Å². The summed E-state index contributed by atoms with van der Waals surface area (Å²) in [4.78, 5) is 39.9. The number of aliphatic carboxylic acids is 1. The van der Waals surface area contributed by atoms with E-state index < -0.39 is 11.9 Å². The highest BCUT2D eigenvalue weighted by molar-refractivity contribution is 5.86. The highest BCUT2D eigenvalue weighted by atomic mass is 16.4. The second kappa shape index (κ2) is 7.89. The number of amides is 2. The highest BCUT2D eigenvalue weighted by Gasteiger charge is 2.41. The third-order valence-electron chi connectivity index (χ3n) is 5.58. The van der Waals surface area contributed by atoms with Crippen LogP contribution in [-0.4, -0.2) is 58.9 Å². The zero-order valence-electron chi connectivity index (χ0n) is 15.2. The Morgan fingerprint density at radius 3 is 2.65 bits per heavy atom. The van der Waals surface area contributed by atoms with Crippen molar-refractivity contribution >= 4 is 17.8 Å². The van der Waals surface area contributed by atoms with Crippen molar-refractivity contribution in [1.29, 1.82) is 0 Å². The summed E-state index contributed by atoms with van der Waals surface area (Å²) in [7, 11) is 0. The molecule has 2 amide bonds. The van der Waals surface area contributed by atoms with Gasteiger partial charge in [0.05, 0.1) is 12.5 Å². The maximum Gasteiger partial charge on any atom is 0.308 e. The van der Waals surface area contributed by atoms with Gasteiger partial charge in [-0.3, -0.25) is 14.4 Å². The topological polar surface area (TPSA) is 77.9 Å². The molecule has 2 heterocycles. The number of carboxylic acids is 1. The van der Waals surface area contributed by atoms with E-state index in [1.807, 2.05) is 31.2 Å². The SMILES string of the molecule is Cc1ccccc1[C@@H]1CN(C(=O)CN2CCCCCC2=O)C[C@H]1C(=O)O. The van der Waals surface area contributed by atoms with Crippen molar-refractivity contribution in [3.63, 3.8) is 0 Å². The van der Waals surface area contributed by atoms with Crippen LogP contribution in [0.2, 0.25) is 0 Å². The molecule has 1 aromatic rings. The molecule has 2 aliphatic rings. The van der Waals surface area contributed by atoms with E-state index in [0.29, 0.717) is 19.5 Å². The van der Waals surface area contributed by atoms with E-state index in [9.17, 15) is 19.5 Å². The molecule has 0 radical (unpaired) electrons. The minimum absolute atomic E-state index is 0.0280. The van der Waals surface area contributed by atoms with Gasteiger partial charge in [0, 0.05) is 32.0 Å². The number of aryl methyl sites for hydroxylation is 1.